The zero-order valence-corrected chi connectivity index (χ0v) is 20.4. The van der Waals surface area contributed by atoms with Crippen LogP contribution in [0, 0.1) is 20.8 Å². The summed E-state index contributed by atoms with van der Waals surface area (Å²) in [5.41, 5.74) is 4.68. The Hall–Kier alpha value is -2.97. The first-order valence-electron chi connectivity index (χ1n) is 11.2. The summed E-state index contributed by atoms with van der Waals surface area (Å²) in [5.74, 6) is 1.63. The van der Waals surface area contributed by atoms with Crippen LogP contribution < -0.4 is 9.64 Å². The number of hydrogen-bond donors (Lipinski definition) is 0. The fourth-order valence-corrected chi connectivity index (χ4v) is 5.79. The third-order valence-corrected chi connectivity index (χ3v) is 8.13. The molecule has 0 bridgehead atoms. The van der Waals surface area contributed by atoms with Gasteiger partial charge in [-0.3, -0.25) is 0 Å². The molecular weight excluding hydrogens is 436 g/mol. The molecule has 1 fully saturated rings. The standard InChI is InChI=1S/C25H30N4O3S/c1-5-32-22-8-6-21(7-9-22)23-16-25(27-17-26-23)28-10-12-29(13-11-28)33(30,31)24-15-19(3)18(2)14-20(24)4/h6-9,14-17H,5,10-13H2,1-4H3. The van der Waals surface area contributed by atoms with Crippen molar-refractivity contribution < 1.29 is 13.2 Å². The molecule has 7 nitrogen and oxygen atoms in total. The highest BCUT2D eigenvalue weighted by Crippen LogP contribution is 2.27. The summed E-state index contributed by atoms with van der Waals surface area (Å²) in [6.45, 7) is 10.4. The number of ether oxygens (including phenoxy) is 1. The van der Waals surface area contributed by atoms with Gasteiger partial charge >= 0.3 is 0 Å². The second-order valence-electron chi connectivity index (χ2n) is 8.31. The molecule has 33 heavy (non-hydrogen) atoms. The quantitative estimate of drug-likeness (QED) is 0.547. The van der Waals surface area contributed by atoms with Crippen LogP contribution in [0.1, 0.15) is 23.6 Å². The minimum Gasteiger partial charge on any atom is -0.494 e. The maximum atomic E-state index is 13.3. The van der Waals surface area contributed by atoms with Crippen LogP contribution in [0.5, 0.6) is 5.75 Å². The first kappa shape index (κ1) is 23.2. The molecular formula is C25H30N4O3S. The van der Waals surface area contributed by atoms with E-state index in [0.29, 0.717) is 37.7 Å². The highest BCUT2D eigenvalue weighted by molar-refractivity contribution is 7.89. The maximum absolute atomic E-state index is 13.3. The summed E-state index contributed by atoms with van der Waals surface area (Å²) in [6.07, 6.45) is 1.56. The summed E-state index contributed by atoms with van der Waals surface area (Å²) in [5, 5.41) is 0. The summed E-state index contributed by atoms with van der Waals surface area (Å²) < 4.78 is 33.7. The molecule has 1 saturated heterocycles. The van der Waals surface area contributed by atoms with Gasteiger partial charge in [0.25, 0.3) is 0 Å². The van der Waals surface area contributed by atoms with Gasteiger partial charge in [-0.15, -0.1) is 0 Å². The van der Waals surface area contributed by atoms with Gasteiger partial charge in [-0.05, 0) is 74.7 Å². The van der Waals surface area contributed by atoms with Crippen molar-refractivity contribution in [3.05, 3.63) is 65.5 Å². The second kappa shape index (κ2) is 9.49. The van der Waals surface area contributed by atoms with E-state index in [1.165, 1.54) is 0 Å². The van der Waals surface area contributed by atoms with E-state index in [1.807, 2.05) is 64.1 Å². The van der Waals surface area contributed by atoms with Crippen molar-refractivity contribution in [3.63, 3.8) is 0 Å². The summed E-state index contributed by atoms with van der Waals surface area (Å²) >= 11 is 0. The number of anilines is 1. The molecule has 8 heteroatoms. The Balaban J connectivity index is 1.48. The van der Waals surface area contributed by atoms with Crippen molar-refractivity contribution in [2.24, 2.45) is 0 Å². The molecule has 0 amide bonds. The molecule has 0 atom stereocenters. The third-order valence-electron chi connectivity index (χ3n) is 6.09. The molecule has 2 aromatic carbocycles. The monoisotopic (exact) mass is 466 g/mol. The van der Waals surface area contributed by atoms with E-state index in [-0.39, 0.29) is 0 Å². The maximum Gasteiger partial charge on any atom is 0.243 e. The molecule has 0 unspecified atom stereocenters. The predicted octanol–water partition coefficient (Wildman–Crippen LogP) is 3.98. The van der Waals surface area contributed by atoms with Crippen LogP contribution in [0.3, 0.4) is 0 Å². The van der Waals surface area contributed by atoms with Gasteiger partial charge in [-0.25, -0.2) is 18.4 Å². The van der Waals surface area contributed by atoms with Gasteiger partial charge in [0.15, 0.2) is 0 Å². The smallest absolute Gasteiger partial charge is 0.243 e. The molecule has 4 rings (SSSR count). The van der Waals surface area contributed by atoms with Gasteiger partial charge in [0, 0.05) is 37.8 Å². The average molecular weight is 467 g/mol. The molecule has 174 valence electrons. The summed E-state index contributed by atoms with van der Waals surface area (Å²) in [7, 11) is -3.54. The minimum atomic E-state index is -3.54. The number of aryl methyl sites for hydroxylation is 3. The molecule has 0 saturated carbocycles. The van der Waals surface area contributed by atoms with E-state index in [9.17, 15) is 8.42 Å². The van der Waals surface area contributed by atoms with E-state index >= 15 is 0 Å². The van der Waals surface area contributed by atoms with Gasteiger partial charge in [0.05, 0.1) is 17.2 Å². The lowest BCUT2D eigenvalue weighted by Crippen LogP contribution is -2.49. The van der Waals surface area contributed by atoms with Crippen LogP contribution in [0.25, 0.3) is 11.3 Å². The Kier molecular flexibility index (Phi) is 6.67. The number of aromatic nitrogens is 2. The van der Waals surface area contributed by atoms with E-state index in [1.54, 1.807) is 16.7 Å². The third kappa shape index (κ3) is 4.86. The zero-order valence-electron chi connectivity index (χ0n) is 19.6. The zero-order chi connectivity index (χ0) is 23.6. The van der Waals surface area contributed by atoms with Crippen molar-refractivity contribution in [3.8, 4) is 17.0 Å². The van der Waals surface area contributed by atoms with Crippen LogP contribution in [0.15, 0.2) is 53.7 Å². The summed E-state index contributed by atoms with van der Waals surface area (Å²) in [6, 6.07) is 13.5. The molecule has 1 aliphatic rings. The Morgan fingerprint density at radius 2 is 1.55 bits per heavy atom. The highest BCUT2D eigenvalue weighted by atomic mass is 32.2. The van der Waals surface area contributed by atoms with Crippen molar-refractivity contribution >= 4 is 15.8 Å². The fourth-order valence-electron chi connectivity index (χ4n) is 4.08. The lowest BCUT2D eigenvalue weighted by Gasteiger charge is -2.35. The lowest BCUT2D eigenvalue weighted by molar-refractivity contribution is 0.340. The molecule has 0 spiro atoms. The van der Waals surface area contributed by atoms with E-state index in [4.69, 9.17) is 4.74 Å². The molecule has 0 aliphatic carbocycles. The van der Waals surface area contributed by atoms with Crippen molar-refractivity contribution in [1.29, 1.82) is 0 Å². The van der Waals surface area contributed by atoms with Crippen LogP contribution in [-0.2, 0) is 10.0 Å². The first-order valence-corrected chi connectivity index (χ1v) is 12.6. The molecule has 3 aromatic rings. The first-order chi connectivity index (χ1) is 15.8. The normalized spacial score (nSPS) is 15.0. The largest absolute Gasteiger partial charge is 0.494 e. The lowest BCUT2D eigenvalue weighted by atomic mass is 10.1. The molecule has 0 N–H and O–H groups in total. The van der Waals surface area contributed by atoms with Crippen molar-refractivity contribution in [1.82, 2.24) is 14.3 Å². The topological polar surface area (TPSA) is 75.6 Å². The van der Waals surface area contributed by atoms with Gasteiger partial charge < -0.3 is 9.64 Å². The van der Waals surface area contributed by atoms with Gasteiger partial charge in [0.2, 0.25) is 10.0 Å². The van der Waals surface area contributed by atoms with Crippen LogP contribution in [0.2, 0.25) is 0 Å². The van der Waals surface area contributed by atoms with Crippen molar-refractivity contribution in [2.75, 3.05) is 37.7 Å². The van der Waals surface area contributed by atoms with Crippen molar-refractivity contribution in [2.45, 2.75) is 32.6 Å². The van der Waals surface area contributed by atoms with Gasteiger partial charge in [-0.2, -0.15) is 4.31 Å². The number of benzene rings is 2. The number of nitrogens with zero attached hydrogens (tertiary/aromatic N) is 4. The molecule has 1 aromatic heterocycles. The highest BCUT2D eigenvalue weighted by Gasteiger charge is 2.30. The van der Waals surface area contributed by atoms with Crippen LogP contribution >= 0.6 is 0 Å². The Bertz CT molecular complexity index is 1240. The van der Waals surface area contributed by atoms with Crippen LogP contribution in [0.4, 0.5) is 5.82 Å². The fraction of sp³-hybridized carbons (Fsp3) is 0.360. The Labute approximate surface area is 196 Å². The number of rotatable bonds is 6. The minimum absolute atomic E-state index is 0.402. The number of sulfonamides is 1. The second-order valence-corrected chi connectivity index (χ2v) is 10.2. The molecule has 2 heterocycles. The van der Waals surface area contributed by atoms with Gasteiger partial charge in [0.1, 0.15) is 17.9 Å². The Morgan fingerprint density at radius 3 is 2.21 bits per heavy atom. The van der Waals surface area contributed by atoms with E-state index in [2.05, 4.69) is 14.9 Å². The SMILES string of the molecule is CCOc1ccc(-c2cc(N3CCN(S(=O)(=O)c4cc(C)c(C)cc4C)CC3)ncn2)cc1. The average Bonchev–Trinajstić information content (AvgIpc) is 2.82. The number of hydrogen-bond acceptors (Lipinski definition) is 6. The molecule has 0 radical (unpaired) electrons. The Morgan fingerprint density at radius 1 is 0.879 bits per heavy atom. The molecule has 1 aliphatic heterocycles. The predicted molar refractivity (Wildman–Crippen MR) is 130 cm³/mol. The van der Waals surface area contributed by atoms with E-state index < -0.39 is 10.0 Å². The van der Waals surface area contributed by atoms with Crippen LogP contribution in [-0.4, -0.2) is 55.5 Å². The van der Waals surface area contributed by atoms with E-state index in [0.717, 1.165) is 39.5 Å². The van der Waals surface area contributed by atoms with Gasteiger partial charge in [-0.1, -0.05) is 6.07 Å². The number of piperazine rings is 1. The summed E-state index contributed by atoms with van der Waals surface area (Å²) in [4.78, 5) is 11.4.